The van der Waals surface area contributed by atoms with Gasteiger partial charge in [0.2, 0.25) is 0 Å². The molecule has 0 radical (unpaired) electrons. The van der Waals surface area contributed by atoms with E-state index >= 15 is 0 Å². The average Bonchev–Trinajstić information content (AvgIpc) is 2.03. The Morgan fingerprint density at radius 3 is 2.62 bits per heavy atom. The molecule has 1 heterocycles. The Kier molecular flexibility index (Phi) is 5.63. The van der Waals surface area contributed by atoms with E-state index in [-0.39, 0.29) is 18.4 Å². The zero-order chi connectivity index (χ0) is 8.97. The van der Waals surface area contributed by atoms with Crippen LogP contribution in [0.4, 0.5) is 4.39 Å². The lowest BCUT2D eigenvalue weighted by Crippen LogP contribution is -3.00. The highest BCUT2D eigenvalue weighted by atomic mass is 35.5. The fourth-order valence-electron chi connectivity index (χ4n) is 1.03. The highest BCUT2D eigenvalue weighted by molar-refractivity contribution is 4.85. The standard InChI is InChI=1S/C10H15FN.ClH/c1-9(2)6-8-12-7-4-3-5-10(12)11;/h3-5,7,9H,6,8H2,1-2H3;1H/q+1;/p-1. The van der Waals surface area contributed by atoms with Crippen molar-refractivity contribution in [2.75, 3.05) is 0 Å². The van der Waals surface area contributed by atoms with E-state index < -0.39 is 0 Å². The van der Waals surface area contributed by atoms with Gasteiger partial charge in [0.1, 0.15) is 0 Å². The van der Waals surface area contributed by atoms with Gasteiger partial charge < -0.3 is 12.4 Å². The molecule has 0 N–H and O–H groups in total. The van der Waals surface area contributed by atoms with E-state index in [1.54, 1.807) is 16.8 Å². The first-order chi connectivity index (χ1) is 5.70. The van der Waals surface area contributed by atoms with Crippen LogP contribution in [0.25, 0.3) is 0 Å². The molecule has 74 valence electrons. The molecule has 0 spiro atoms. The summed E-state index contributed by atoms with van der Waals surface area (Å²) in [5.41, 5.74) is 0. The molecule has 0 aromatic carbocycles. The number of halogens is 2. The second-order valence-electron chi connectivity index (χ2n) is 3.40. The number of pyridine rings is 1. The van der Waals surface area contributed by atoms with Gasteiger partial charge in [-0.2, -0.15) is 4.57 Å². The third kappa shape index (κ3) is 4.23. The molecule has 3 heteroatoms. The molecule has 0 fully saturated rings. The molecule has 1 rings (SSSR count). The van der Waals surface area contributed by atoms with Gasteiger partial charge in [-0.25, -0.2) is 0 Å². The zero-order valence-corrected chi connectivity index (χ0v) is 8.76. The Morgan fingerprint density at radius 1 is 1.38 bits per heavy atom. The van der Waals surface area contributed by atoms with Crippen molar-refractivity contribution in [1.82, 2.24) is 0 Å². The van der Waals surface area contributed by atoms with E-state index in [0.29, 0.717) is 5.92 Å². The number of nitrogens with zero attached hydrogens (tertiary/aromatic N) is 1. The van der Waals surface area contributed by atoms with Crippen molar-refractivity contribution < 1.29 is 21.4 Å². The van der Waals surface area contributed by atoms with Gasteiger partial charge in [0.15, 0.2) is 12.7 Å². The molecule has 0 unspecified atom stereocenters. The van der Waals surface area contributed by atoms with Crippen LogP contribution < -0.4 is 17.0 Å². The van der Waals surface area contributed by atoms with Crippen molar-refractivity contribution in [2.24, 2.45) is 5.92 Å². The molecule has 0 aliphatic carbocycles. The fourth-order valence-corrected chi connectivity index (χ4v) is 1.03. The lowest BCUT2D eigenvalue weighted by molar-refractivity contribution is -0.725. The van der Waals surface area contributed by atoms with Gasteiger partial charge in [-0.1, -0.05) is 13.8 Å². The van der Waals surface area contributed by atoms with E-state index in [9.17, 15) is 4.39 Å². The summed E-state index contributed by atoms with van der Waals surface area (Å²) in [4.78, 5) is 0. The zero-order valence-electron chi connectivity index (χ0n) is 8.00. The average molecular weight is 204 g/mol. The van der Waals surface area contributed by atoms with E-state index in [2.05, 4.69) is 13.8 Å². The third-order valence-corrected chi connectivity index (χ3v) is 1.83. The van der Waals surface area contributed by atoms with Crippen LogP contribution in [0.15, 0.2) is 24.4 Å². The minimum atomic E-state index is -0.154. The number of hydrogen-bond donors (Lipinski definition) is 0. The fraction of sp³-hybridized carbons (Fsp3) is 0.500. The monoisotopic (exact) mass is 203 g/mol. The van der Waals surface area contributed by atoms with Crippen LogP contribution in [0.1, 0.15) is 20.3 Å². The largest absolute Gasteiger partial charge is 1.00 e. The molecule has 0 saturated heterocycles. The van der Waals surface area contributed by atoms with Crippen LogP contribution in [0.5, 0.6) is 0 Å². The molecule has 0 saturated carbocycles. The van der Waals surface area contributed by atoms with Crippen molar-refractivity contribution in [3.05, 3.63) is 30.3 Å². The quantitative estimate of drug-likeness (QED) is 0.446. The predicted molar refractivity (Wildman–Crippen MR) is 46.1 cm³/mol. The minimum absolute atomic E-state index is 0. The number of aryl methyl sites for hydroxylation is 1. The summed E-state index contributed by atoms with van der Waals surface area (Å²) in [5, 5.41) is 0. The van der Waals surface area contributed by atoms with E-state index in [4.69, 9.17) is 0 Å². The van der Waals surface area contributed by atoms with E-state index in [1.807, 2.05) is 6.07 Å². The highest BCUT2D eigenvalue weighted by Crippen LogP contribution is 1.98. The molecule has 13 heavy (non-hydrogen) atoms. The molecule has 0 aliphatic rings. The SMILES string of the molecule is CC(C)CC[n+]1ccccc1F.[Cl-]. The van der Waals surface area contributed by atoms with Gasteiger partial charge in [0.25, 0.3) is 0 Å². The molecule has 1 aromatic rings. The summed E-state index contributed by atoms with van der Waals surface area (Å²) in [7, 11) is 0. The van der Waals surface area contributed by atoms with E-state index in [0.717, 1.165) is 13.0 Å². The van der Waals surface area contributed by atoms with Crippen LogP contribution in [-0.4, -0.2) is 0 Å². The van der Waals surface area contributed by atoms with Crippen LogP contribution in [0.2, 0.25) is 0 Å². The van der Waals surface area contributed by atoms with E-state index in [1.165, 1.54) is 6.07 Å². The molecule has 0 amide bonds. The Balaban J connectivity index is 0.00000144. The van der Waals surface area contributed by atoms with Crippen molar-refractivity contribution in [3.8, 4) is 0 Å². The molecule has 1 aromatic heterocycles. The summed E-state index contributed by atoms with van der Waals surface area (Å²) in [6.45, 7) is 5.05. The Labute approximate surface area is 85.0 Å². The Hall–Kier alpha value is -0.630. The maximum absolute atomic E-state index is 13.0. The first-order valence-electron chi connectivity index (χ1n) is 4.34. The smallest absolute Gasteiger partial charge is 0.359 e. The second kappa shape index (κ2) is 5.92. The number of hydrogen-bond acceptors (Lipinski definition) is 0. The lowest BCUT2D eigenvalue weighted by atomic mass is 10.1. The van der Waals surface area contributed by atoms with Crippen LogP contribution in [0, 0.1) is 11.9 Å². The van der Waals surface area contributed by atoms with Crippen molar-refractivity contribution >= 4 is 0 Å². The van der Waals surface area contributed by atoms with Crippen molar-refractivity contribution in [1.29, 1.82) is 0 Å². The summed E-state index contributed by atoms with van der Waals surface area (Å²) < 4.78 is 14.6. The molecular weight excluding hydrogens is 189 g/mol. The van der Waals surface area contributed by atoms with Crippen molar-refractivity contribution in [3.63, 3.8) is 0 Å². The van der Waals surface area contributed by atoms with Gasteiger partial charge in [0, 0.05) is 18.6 Å². The van der Waals surface area contributed by atoms with Gasteiger partial charge >= 0.3 is 5.95 Å². The van der Waals surface area contributed by atoms with Crippen LogP contribution in [-0.2, 0) is 6.54 Å². The number of aromatic nitrogens is 1. The van der Waals surface area contributed by atoms with Gasteiger partial charge in [-0.3, -0.25) is 0 Å². The van der Waals surface area contributed by atoms with Gasteiger partial charge in [-0.15, -0.1) is 4.39 Å². The second-order valence-corrected chi connectivity index (χ2v) is 3.40. The topological polar surface area (TPSA) is 3.88 Å². The van der Waals surface area contributed by atoms with Crippen LogP contribution in [0.3, 0.4) is 0 Å². The maximum atomic E-state index is 13.0. The highest BCUT2D eigenvalue weighted by Gasteiger charge is 2.07. The lowest BCUT2D eigenvalue weighted by Gasteiger charge is -2.00. The minimum Gasteiger partial charge on any atom is -1.00 e. The Bertz CT molecular complexity index is 250. The molecule has 1 nitrogen and oxygen atoms in total. The summed E-state index contributed by atoms with van der Waals surface area (Å²) in [6.07, 6.45) is 2.79. The molecular formula is C10H15ClFN. The summed E-state index contributed by atoms with van der Waals surface area (Å²) >= 11 is 0. The molecule has 0 bridgehead atoms. The first kappa shape index (κ1) is 12.4. The van der Waals surface area contributed by atoms with Crippen LogP contribution >= 0.6 is 0 Å². The summed E-state index contributed by atoms with van der Waals surface area (Å²) in [6, 6.07) is 5.05. The van der Waals surface area contributed by atoms with Crippen molar-refractivity contribution in [2.45, 2.75) is 26.8 Å². The number of rotatable bonds is 3. The molecule has 0 aliphatic heterocycles. The van der Waals surface area contributed by atoms with Gasteiger partial charge in [0.05, 0.1) is 0 Å². The van der Waals surface area contributed by atoms with Gasteiger partial charge in [-0.05, 0) is 12.0 Å². The summed E-state index contributed by atoms with van der Waals surface area (Å²) in [5.74, 6) is 0.468. The third-order valence-electron chi connectivity index (χ3n) is 1.83. The maximum Gasteiger partial charge on any atom is 0.359 e. The first-order valence-corrected chi connectivity index (χ1v) is 4.34. The molecule has 0 atom stereocenters. The predicted octanol–water partition coefficient (Wildman–Crippen LogP) is -0.837. The Morgan fingerprint density at radius 2 is 2.08 bits per heavy atom. The normalized spacial score (nSPS) is 9.85.